The molecular formula is C33H34FN5O4. The normalized spacial score (nSPS) is 21.5. The average Bonchev–Trinajstić information content (AvgIpc) is 3.45. The Kier molecular flexibility index (Phi) is 6.58. The highest BCUT2D eigenvalue weighted by Gasteiger charge is 2.38. The summed E-state index contributed by atoms with van der Waals surface area (Å²) in [5.74, 6) is 0.322. The molecule has 5 heterocycles. The van der Waals surface area contributed by atoms with Crippen LogP contribution in [0.3, 0.4) is 0 Å². The number of ether oxygens (including phenoxy) is 2. The molecule has 3 aromatic carbocycles. The number of fused-ring (bicyclic) bond motifs is 4. The summed E-state index contributed by atoms with van der Waals surface area (Å²) in [5.41, 5.74) is 1.03. The van der Waals surface area contributed by atoms with Gasteiger partial charge < -0.3 is 29.6 Å². The zero-order chi connectivity index (χ0) is 29.1. The first-order chi connectivity index (χ1) is 21.0. The second-order valence-corrected chi connectivity index (χ2v) is 12.0. The van der Waals surface area contributed by atoms with Crippen molar-refractivity contribution in [2.45, 2.75) is 18.9 Å². The monoisotopic (exact) mass is 583 g/mol. The van der Waals surface area contributed by atoms with E-state index in [0.717, 1.165) is 49.8 Å². The fourth-order valence-corrected chi connectivity index (χ4v) is 7.22. The highest BCUT2D eigenvalue weighted by atomic mass is 19.1. The lowest BCUT2D eigenvalue weighted by molar-refractivity contribution is 0.0383. The molecule has 0 spiro atoms. The van der Waals surface area contributed by atoms with Crippen LogP contribution in [-0.2, 0) is 4.74 Å². The van der Waals surface area contributed by atoms with Crippen LogP contribution in [0.2, 0.25) is 0 Å². The fraction of sp³-hybridized carbons (Fsp3) is 0.394. The molecule has 2 N–H and O–H groups in total. The van der Waals surface area contributed by atoms with Crippen LogP contribution in [0.4, 0.5) is 10.1 Å². The molecule has 3 fully saturated rings. The molecule has 4 aromatic rings. The van der Waals surface area contributed by atoms with Crippen LogP contribution in [0.25, 0.3) is 27.4 Å². The van der Waals surface area contributed by atoms with Gasteiger partial charge in [0.05, 0.1) is 24.3 Å². The summed E-state index contributed by atoms with van der Waals surface area (Å²) >= 11 is 0. The van der Waals surface area contributed by atoms with Gasteiger partial charge in [-0.25, -0.2) is 4.39 Å². The number of anilines is 1. The summed E-state index contributed by atoms with van der Waals surface area (Å²) in [4.78, 5) is 31.6. The number of nitrogens with zero attached hydrogens (tertiary/aromatic N) is 3. The van der Waals surface area contributed by atoms with Gasteiger partial charge in [0, 0.05) is 51.5 Å². The van der Waals surface area contributed by atoms with Crippen LogP contribution < -0.4 is 25.7 Å². The molecule has 222 valence electrons. The van der Waals surface area contributed by atoms with Crippen LogP contribution in [0, 0.1) is 11.7 Å². The maximum absolute atomic E-state index is 16.2. The Morgan fingerprint density at radius 3 is 2.72 bits per heavy atom. The van der Waals surface area contributed by atoms with Crippen LogP contribution >= 0.6 is 0 Å². The Hall–Kier alpha value is -3.99. The molecular weight excluding hydrogens is 549 g/mol. The number of pyridine rings is 1. The van der Waals surface area contributed by atoms with Gasteiger partial charge in [0.15, 0.2) is 17.3 Å². The first kappa shape index (κ1) is 26.6. The molecule has 2 atom stereocenters. The standard InChI is InChI=1S/C33H34FN5O4/c34-25-16-23-29-32(30(25)38-17-22-6-3-7-35-26(22)19-38)43-28-15-21-5-2-1-4-20(21)14-27(28)39(29)18-24(31(23)40)33(41)36-8-9-37-10-12-42-13-11-37/h1-2,4-5,14-16,18,22,26,35H,3,6-13,17,19H2,(H,36,41). The van der Waals surface area contributed by atoms with Crippen molar-refractivity contribution in [1.29, 1.82) is 0 Å². The van der Waals surface area contributed by atoms with E-state index >= 15 is 4.39 Å². The summed E-state index contributed by atoms with van der Waals surface area (Å²) in [6.45, 7) is 6.37. The summed E-state index contributed by atoms with van der Waals surface area (Å²) in [7, 11) is 0. The lowest BCUT2D eigenvalue weighted by Gasteiger charge is -2.29. The number of halogens is 1. The lowest BCUT2D eigenvalue weighted by Crippen LogP contribution is -2.42. The number of hydrogen-bond donors (Lipinski definition) is 2. The van der Waals surface area contributed by atoms with Crippen molar-refractivity contribution in [3.8, 4) is 17.2 Å². The maximum atomic E-state index is 16.2. The highest BCUT2D eigenvalue weighted by Crippen LogP contribution is 2.48. The molecule has 3 saturated heterocycles. The highest BCUT2D eigenvalue weighted by molar-refractivity contribution is 6.02. The van der Waals surface area contributed by atoms with Gasteiger partial charge in [-0.3, -0.25) is 14.5 Å². The van der Waals surface area contributed by atoms with E-state index in [2.05, 4.69) is 20.4 Å². The number of hydrogen-bond acceptors (Lipinski definition) is 7. The van der Waals surface area contributed by atoms with Crippen molar-refractivity contribution in [2.75, 3.05) is 63.9 Å². The van der Waals surface area contributed by atoms with Crippen molar-refractivity contribution in [1.82, 2.24) is 20.1 Å². The smallest absolute Gasteiger partial charge is 0.256 e. The number of nitrogens with one attached hydrogen (secondary N) is 2. The molecule has 0 radical (unpaired) electrons. The molecule has 10 heteroatoms. The number of aromatic nitrogens is 1. The Labute approximate surface area is 248 Å². The minimum absolute atomic E-state index is 0.0232. The van der Waals surface area contributed by atoms with Crippen molar-refractivity contribution < 1.29 is 18.7 Å². The third kappa shape index (κ3) is 4.56. The maximum Gasteiger partial charge on any atom is 0.256 e. The number of rotatable bonds is 5. The van der Waals surface area contributed by atoms with Gasteiger partial charge in [0.2, 0.25) is 5.43 Å². The molecule has 43 heavy (non-hydrogen) atoms. The van der Waals surface area contributed by atoms with E-state index in [1.54, 1.807) is 6.20 Å². The molecule has 9 nitrogen and oxygen atoms in total. The summed E-state index contributed by atoms with van der Waals surface area (Å²) in [6.07, 6.45) is 3.81. The third-order valence-electron chi connectivity index (χ3n) is 9.45. The van der Waals surface area contributed by atoms with Crippen molar-refractivity contribution >= 4 is 33.3 Å². The van der Waals surface area contributed by atoms with Gasteiger partial charge in [-0.15, -0.1) is 0 Å². The molecule has 0 bridgehead atoms. The van der Waals surface area contributed by atoms with Crippen molar-refractivity contribution in [3.05, 3.63) is 70.3 Å². The van der Waals surface area contributed by atoms with Gasteiger partial charge in [-0.1, -0.05) is 24.3 Å². The number of morpholine rings is 1. The van der Waals surface area contributed by atoms with Gasteiger partial charge in [0.25, 0.3) is 5.91 Å². The van der Waals surface area contributed by atoms with Crippen LogP contribution in [-0.4, -0.2) is 80.4 Å². The van der Waals surface area contributed by atoms with E-state index in [1.165, 1.54) is 6.07 Å². The largest absolute Gasteiger partial charge is 0.451 e. The SMILES string of the molecule is O=C(NCCN1CCOCC1)c1cn2c3c(c(N4CC5CCCNC5C4)c(F)cc3c1=O)Oc1cc3ccccc3cc1-2. The second kappa shape index (κ2) is 10.6. The minimum atomic E-state index is -0.515. The first-order valence-electron chi connectivity index (χ1n) is 15.2. The summed E-state index contributed by atoms with van der Waals surface area (Å²) in [5, 5.41) is 8.61. The van der Waals surface area contributed by atoms with Crippen LogP contribution in [0.1, 0.15) is 23.2 Å². The number of piperidine rings is 1. The topological polar surface area (TPSA) is 88.1 Å². The van der Waals surface area contributed by atoms with Crippen molar-refractivity contribution in [2.24, 2.45) is 5.92 Å². The Morgan fingerprint density at radius 2 is 1.91 bits per heavy atom. The van der Waals surface area contributed by atoms with E-state index in [4.69, 9.17) is 9.47 Å². The molecule has 1 aromatic heterocycles. The zero-order valence-corrected chi connectivity index (χ0v) is 23.9. The average molecular weight is 584 g/mol. The Bertz CT molecular complexity index is 1800. The summed E-state index contributed by atoms with van der Waals surface area (Å²) < 4.78 is 30.0. The molecule has 0 saturated carbocycles. The Morgan fingerprint density at radius 1 is 1.09 bits per heavy atom. The zero-order valence-electron chi connectivity index (χ0n) is 23.9. The molecule has 8 rings (SSSR count). The quantitative estimate of drug-likeness (QED) is 0.327. The number of carbonyl (C=O) groups excluding carboxylic acids is 1. The molecule has 0 aliphatic carbocycles. The Balaban J connectivity index is 1.25. The van der Waals surface area contributed by atoms with E-state index < -0.39 is 17.2 Å². The van der Waals surface area contributed by atoms with Crippen LogP contribution in [0.5, 0.6) is 11.5 Å². The van der Waals surface area contributed by atoms with Crippen LogP contribution in [0.15, 0.2) is 53.5 Å². The summed E-state index contributed by atoms with van der Waals surface area (Å²) in [6, 6.07) is 13.5. The molecule has 4 aliphatic heterocycles. The van der Waals surface area contributed by atoms with Gasteiger partial charge in [-0.2, -0.15) is 0 Å². The predicted molar refractivity (Wildman–Crippen MR) is 163 cm³/mol. The number of benzene rings is 3. The molecule has 2 unspecified atom stereocenters. The van der Waals surface area contributed by atoms with Gasteiger partial charge in [0.1, 0.15) is 16.8 Å². The van der Waals surface area contributed by atoms with E-state index in [1.807, 2.05) is 41.0 Å². The minimum Gasteiger partial charge on any atom is -0.451 e. The second-order valence-electron chi connectivity index (χ2n) is 12.0. The number of carbonyl (C=O) groups is 1. The van der Waals surface area contributed by atoms with Gasteiger partial charge in [-0.05, 0) is 54.3 Å². The molecule has 1 amide bonds. The fourth-order valence-electron chi connectivity index (χ4n) is 7.22. The lowest BCUT2D eigenvalue weighted by atomic mass is 9.94. The predicted octanol–water partition coefficient (Wildman–Crippen LogP) is 3.64. The van der Waals surface area contributed by atoms with Crippen molar-refractivity contribution in [3.63, 3.8) is 0 Å². The third-order valence-corrected chi connectivity index (χ3v) is 9.45. The number of amides is 1. The molecule has 4 aliphatic rings. The van der Waals surface area contributed by atoms with Gasteiger partial charge >= 0.3 is 0 Å². The van der Waals surface area contributed by atoms with E-state index in [0.29, 0.717) is 73.2 Å². The first-order valence-corrected chi connectivity index (χ1v) is 15.2. The van der Waals surface area contributed by atoms with E-state index in [-0.39, 0.29) is 10.9 Å². The van der Waals surface area contributed by atoms with E-state index in [9.17, 15) is 9.59 Å².